The first-order chi connectivity index (χ1) is 11.5. The second-order valence-corrected chi connectivity index (χ2v) is 6.62. The summed E-state index contributed by atoms with van der Waals surface area (Å²) in [4.78, 5) is 41.0. The molecular weight excluding hydrogens is 330 g/mol. The standard InChI is InChI=1S/C16H23N3O4S/c1-3-19(12-7-5-4-6-8-12)14(21)9-23-15(22)13-10-24-16(18-13)17-11(2)20/h10,12H,3-9H2,1-2H3,(H,17,18,20). The number of hydrogen-bond donors (Lipinski definition) is 1. The molecule has 0 spiro atoms. The van der Waals surface area contributed by atoms with Crippen LogP contribution in [0.3, 0.4) is 0 Å². The topological polar surface area (TPSA) is 88.6 Å². The van der Waals surface area contributed by atoms with Crippen molar-refractivity contribution >= 4 is 34.3 Å². The Labute approximate surface area is 145 Å². The Bertz CT molecular complexity index is 596. The molecular formula is C16H23N3O4S. The van der Waals surface area contributed by atoms with E-state index in [1.54, 1.807) is 4.90 Å². The van der Waals surface area contributed by atoms with Gasteiger partial charge in [0.1, 0.15) is 0 Å². The van der Waals surface area contributed by atoms with Gasteiger partial charge in [-0.25, -0.2) is 9.78 Å². The van der Waals surface area contributed by atoms with Gasteiger partial charge in [-0.05, 0) is 19.8 Å². The van der Waals surface area contributed by atoms with E-state index in [0.717, 1.165) is 37.0 Å². The lowest BCUT2D eigenvalue weighted by Gasteiger charge is -2.33. The number of carbonyl (C=O) groups excluding carboxylic acids is 3. The lowest BCUT2D eigenvalue weighted by Crippen LogP contribution is -2.43. The molecule has 1 aliphatic rings. The molecule has 7 nitrogen and oxygen atoms in total. The second-order valence-electron chi connectivity index (χ2n) is 5.77. The van der Waals surface area contributed by atoms with Gasteiger partial charge in [0.15, 0.2) is 17.4 Å². The molecule has 0 aromatic carbocycles. The van der Waals surface area contributed by atoms with Crippen LogP contribution in [-0.4, -0.2) is 46.9 Å². The Hall–Kier alpha value is -1.96. The fourth-order valence-electron chi connectivity index (χ4n) is 2.89. The summed E-state index contributed by atoms with van der Waals surface area (Å²) in [6.07, 6.45) is 5.52. The third kappa shape index (κ3) is 5.02. The molecule has 2 amide bonds. The molecule has 0 unspecified atom stereocenters. The zero-order chi connectivity index (χ0) is 17.5. The summed E-state index contributed by atoms with van der Waals surface area (Å²) in [5, 5.41) is 4.33. The molecule has 1 aromatic heterocycles. The average Bonchev–Trinajstić information content (AvgIpc) is 3.02. The van der Waals surface area contributed by atoms with Gasteiger partial charge in [0.05, 0.1) is 0 Å². The first-order valence-corrected chi connectivity index (χ1v) is 9.09. The zero-order valence-corrected chi connectivity index (χ0v) is 14.9. The van der Waals surface area contributed by atoms with Gasteiger partial charge in [-0.2, -0.15) is 0 Å². The molecule has 2 rings (SSSR count). The van der Waals surface area contributed by atoms with E-state index in [9.17, 15) is 14.4 Å². The van der Waals surface area contributed by atoms with Crippen molar-refractivity contribution in [1.29, 1.82) is 0 Å². The normalized spacial score (nSPS) is 14.9. The maximum Gasteiger partial charge on any atom is 0.358 e. The minimum atomic E-state index is -0.657. The number of rotatable bonds is 6. The Balaban J connectivity index is 1.86. The molecule has 0 aliphatic heterocycles. The van der Waals surface area contributed by atoms with Gasteiger partial charge in [-0.15, -0.1) is 11.3 Å². The number of anilines is 1. The van der Waals surface area contributed by atoms with Gasteiger partial charge in [-0.1, -0.05) is 19.3 Å². The van der Waals surface area contributed by atoms with E-state index in [1.165, 1.54) is 18.7 Å². The number of carbonyl (C=O) groups is 3. The number of esters is 1. The van der Waals surface area contributed by atoms with E-state index in [0.29, 0.717) is 11.7 Å². The first-order valence-electron chi connectivity index (χ1n) is 8.21. The summed E-state index contributed by atoms with van der Waals surface area (Å²) < 4.78 is 5.08. The highest BCUT2D eigenvalue weighted by Crippen LogP contribution is 2.22. The Morgan fingerprint density at radius 2 is 2.04 bits per heavy atom. The largest absolute Gasteiger partial charge is 0.451 e. The zero-order valence-electron chi connectivity index (χ0n) is 14.0. The number of nitrogens with zero attached hydrogens (tertiary/aromatic N) is 2. The fraction of sp³-hybridized carbons (Fsp3) is 0.625. The highest BCUT2D eigenvalue weighted by atomic mass is 32.1. The predicted molar refractivity (Wildman–Crippen MR) is 91.0 cm³/mol. The molecule has 0 bridgehead atoms. The monoisotopic (exact) mass is 353 g/mol. The number of thiazole rings is 1. The van der Waals surface area contributed by atoms with Crippen molar-refractivity contribution in [2.45, 2.75) is 52.0 Å². The van der Waals surface area contributed by atoms with Crippen molar-refractivity contribution in [2.24, 2.45) is 0 Å². The maximum absolute atomic E-state index is 12.3. The second kappa shape index (κ2) is 8.77. The molecule has 132 valence electrons. The maximum atomic E-state index is 12.3. The minimum absolute atomic E-state index is 0.0947. The van der Waals surface area contributed by atoms with Crippen LogP contribution in [0.5, 0.6) is 0 Å². The summed E-state index contributed by atoms with van der Waals surface area (Å²) in [6.45, 7) is 3.64. The van der Waals surface area contributed by atoms with Crippen LogP contribution in [0.15, 0.2) is 5.38 Å². The summed E-state index contributed by atoms with van der Waals surface area (Å²) in [7, 11) is 0. The van der Waals surface area contributed by atoms with Crippen LogP contribution in [0.4, 0.5) is 5.13 Å². The van der Waals surface area contributed by atoms with Gasteiger partial charge < -0.3 is 15.0 Å². The van der Waals surface area contributed by atoms with E-state index >= 15 is 0 Å². The first kappa shape index (κ1) is 18.4. The van der Waals surface area contributed by atoms with Crippen LogP contribution in [0.25, 0.3) is 0 Å². The van der Waals surface area contributed by atoms with E-state index in [-0.39, 0.29) is 30.2 Å². The Morgan fingerprint density at radius 3 is 2.67 bits per heavy atom. The van der Waals surface area contributed by atoms with Crippen molar-refractivity contribution in [3.63, 3.8) is 0 Å². The van der Waals surface area contributed by atoms with E-state index in [2.05, 4.69) is 10.3 Å². The molecule has 1 heterocycles. The van der Waals surface area contributed by atoms with Crippen LogP contribution in [-0.2, 0) is 14.3 Å². The molecule has 24 heavy (non-hydrogen) atoms. The van der Waals surface area contributed by atoms with Crippen LogP contribution < -0.4 is 5.32 Å². The highest BCUT2D eigenvalue weighted by Gasteiger charge is 2.25. The SMILES string of the molecule is CCN(C(=O)COC(=O)c1csc(NC(C)=O)n1)C1CCCCC1. The number of aromatic nitrogens is 1. The van der Waals surface area contributed by atoms with Crippen molar-refractivity contribution in [3.05, 3.63) is 11.1 Å². The smallest absolute Gasteiger partial charge is 0.358 e. The fourth-order valence-corrected chi connectivity index (χ4v) is 3.62. The molecule has 1 aliphatic carbocycles. The molecule has 0 atom stereocenters. The van der Waals surface area contributed by atoms with Crippen LogP contribution >= 0.6 is 11.3 Å². The van der Waals surface area contributed by atoms with Crippen molar-refractivity contribution < 1.29 is 19.1 Å². The molecule has 1 saturated carbocycles. The van der Waals surface area contributed by atoms with E-state index < -0.39 is 5.97 Å². The average molecular weight is 353 g/mol. The van der Waals surface area contributed by atoms with Gasteiger partial charge in [-0.3, -0.25) is 9.59 Å². The third-order valence-corrected chi connectivity index (χ3v) is 4.76. The Kier molecular flexibility index (Phi) is 6.72. The van der Waals surface area contributed by atoms with Crippen molar-refractivity contribution in [1.82, 2.24) is 9.88 Å². The summed E-state index contributed by atoms with van der Waals surface area (Å²) in [6, 6.07) is 0.251. The number of amides is 2. The number of hydrogen-bond acceptors (Lipinski definition) is 6. The molecule has 1 fully saturated rings. The molecule has 8 heteroatoms. The van der Waals surface area contributed by atoms with Gasteiger partial charge in [0.2, 0.25) is 5.91 Å². The van der Waals surface area contributed by atoms with Gasteiger partial charge in [0.25, 0.3) is 5.91 Å². The third-order valence-electron chi connectivity index (χ3n) is 4.00. The number of nitrogens with one attached hydrogen (secondary N) is 1. The van der Waals surface area contributed by atoms with Crippen molar-refractivity contribution in [2.75, 3.05) is 18.5 Å². The summed E-state index contributed by atoms with van der Waals surface area (Å²) in [5.41, 5.74) is 0.0947. The molecule has 1 N–H and O–H groups in total. The molecule has 0 radical (unpaired) electrons. The van der Waals surface area contributed by atoms with E-state index in [4.69, 9.17) is 4.74 Å². The van der Waals surface area contributed by atoms with Gasteiger partial charge in [0, 0.05) is 24.9 Å². The lowest BCUT2D eigenvalue weighted by molar-refractivity contribution is -0.137. The summed E-state index contributed by atoms with van der Waals surface area (Å²) in [5.74, 6) is -1.09. The molecule has 1 aromatic rings. The predicted octanol–water partition coefficient (Wildman–Crippen LogP) is 2.44. The highest BCUT2D eigenvalue weighted by molar-refractivity contribution is 7.14. The van der Waals surface area contributed by atoms with Crippen LogP contribution in [0.2, 0.25) is 0 Å². The van der Waals surface area contributed by atoms with Gasteiger partial charge >= 0.3 is 5.97 Å². The Morgan fingerprint density at radius 1 is 1.33 bits per heavy atom. The van der Waals surface area contributed by atoms with Crippen LogP contribution in [0.1, 0.15) is 56.4 Å². The quantitative estimate of drug-likeness (QED) is 0.794. The molecule has 0 saturated heterocycles. The van der Waals surface area contributed by atoms with Crippen LogP contribution in [0, 0.1) is 0 Å². The minimum Gasteiger partial charge on any atom is -0.451 e. The number of ether oxygens (including phenoxy) is 1. The summed E-state index contributed by atoms with van der Waals surface area (Å²) >= 11 is 1.13. The number of likely N-dealkylation sites (N-methyl/N-ethyl adjacent to an activating group) is 1. The van der Waals surface area contributed by atoms with E-state index in [1.807, 2.05) is 6.92 Å². The van der Waals surface area contributed by atoms with Crippen molar-refractivity contribution in [3.8, 4) is 0 Å². The lowest BCUT2D eigenvalue weighted by atomic mass is 9.94.